The molecule has 1 N–H and O–H groups in total. The van der Waals surface area contributed by atoms with Gasteiger partial charge in [0.05, 0.1) is 3.57 Å². The quantitative estimate of drug-likeness (QED) is 0.489. The van der Waals surface area contributed by atoms with Gasteiger partial charge in [-0.1, -0.05) is 0 Å². The number of carbonyl (C=O) groups excluding carboxylic acids is 1. The van der Waals surface area contributed by atoms with E-state index in [-0.39, 0.29) is 0 Å². The van der Waals surface area contributed by atoms with E-state index in [1.807, 2.05) is 22.6 Å². The van der Waals surface area contributed by atoms with Crippen LogP contribution in [0.1, 0.15) is 27.0 Å². The molecular weight excluding hydrogens is 435 g/mol. The van der Waals surface area contributed by atoms with Crippen molar-refractivity contribution in [3.05, 3.63) is 30.6 Å². The average molecular weight is 454 g/mol. The number of hydrogen-bond donors (Lipinski definition) is 1. The second-order valence-corrected chi connectivity index (χ2v) is 6.93. The zero-order chi connectivity index (χ0) is 18.1. The van der Waals surface area contributed by atoms with Crippen LogP contribution >= 0.6 is 22.6 Å². The zero-order valence-corrected chi connectivity index (χ0v) is 15.8. The van der Waals surface area contributed by atoms with Gasteiger partial charge in [-0.3, -0.25) is 19.1 Å². The van der Waals surface area contributed by atoms with Crippen molar-refractivity contribution < 1.29 is 23.7 Å². The second-order valence-electron chi connectivity index (χ2n) is 5.77. The van der Waals surface area contributed by atoms with Gasteiger partial charge in [-0.25, -0.2) is 4.79 Å². The van der Waals surface area contributed by atoms with Crippen molar-refractivity contribution in [2.45, 2.75) is 51.1 Å². The lowest BCUT2D eigenvalue weighted by Gasteiger charge is -2.29. The third-order valence-corrected chi connectivity index (χ3v) is 4.40. The normalized spacial score (nSPS) is 25.2. The van der Waals surface area contributed by atoms with Gasteiger partial charge in [0.25, 0.3) is 12.0 Å². The summed E-state index contributed by atoms with van der Waals surface area (Å²) in [6.45, 7) is 5.36. The number of carbonyl (C=O) groups is 1. The first-order chi connectivity index (χ1) is 11.2. The summed E-state index contributed by atoms with van der Waals surface area (Å²) >= 11 is 1.82. The van der Waals surface area contributed by atoms with Gasteiger partial charge in [0.15, 0.2) is 12.0 Å². The largest absolute Gasteiger partial charge is 0.462 e. The molecule has 134 valence electrons. The van der Waals surface area contributed by atoms with Crippen LogP contribution in [0.2, 0.25) is 0 Å². The highest BCUT2D eigenvalue weighted by molar-refractivity contribution is 14.1. The third-order valence-electron chi connectivity index (χ3n) is 3.63. The minimum Gasteiger partial charge on any atom is -0.462 e. The minimum atomic E-state index is -0.992. The van der Waals surface area contributed by atoms with Gasteiger partial charge >= 0.3 is 5.69 Å². The van der Waals surface area contributed by atoms with Gasteiger partial charge in [-0.15, -0.1) is 0 Å². The van der Waals surface area contributed by atoms with Crippen molar-refractivity contribution in [1.29, 1.82) is 0 Å². The van der Waals surface area contributed by atoms with Crippen LogP contribution in [0.5, 0.6) is 0 Å². The Kier molecular flexibility index (Phi) is 5.83. The number of aromatic nitrogens is 2. The number of aromatic amines is 1. The molecule has 1 aromatic rings. The molecule has 0 bridgehead atoms. The zero-order valence-electron chi connectivity index (χ0n) is 13.6. The van der Waals surface area contributed by atoms with Crippen LogP contribution < -0.4 is 11.2 Å². The molecule has 0 amide bonds. The summed E-state index contributed by atoms with van der Waals surface area (Å²) in [5.41, 5.74) is -1.11. The Hall–Kier alpha value is -1.24. The SMILES string of the molecule is CO[C@H]([C@H]1OC(C)(C)O[C@@H]1n1cc(I)c(=O)[nH]c1=O)[C@H](C)OC=O. The first-order valence-corrected chi connectivity index (χ1v) is 8.26. The molecule has 0 aromatic carbocycles. The summed E-state index contributed by atoms with van der Waals surface area (Å²) in [4.78, 5) is 36.6. The van der Waals surface area contributed by atoms with Crippen LogP contribution in [-0.4, -0.2) is 47.2 Å². The summed E-state index contributed by atoms with van der Waals surface area (Å²) in [5, 5.41) is 0. The fourth-order valence-electron chi connectivity index (χ4n) is 2.62. The molecule has 9 nitrogen and oxygen atoms in total. The monoisotopic (exact) mass is 454 g/mol. The summed E-state index contributed by atoms with van der Waals surface area (Å²) in [7, 11) is 1.44. The molecule has 1 aliphatic heterocycles. The van der Waals surface area contributed by atoms with E-state index < -0.39 is 41.6 Å². The Morgan fingerprint density at radius 3 is 2.67 bits per heavy atom. The van der Waals surface area contributed by atoms with Crippen LogP contribution in [-0.2, 0) is 23.7 Å². The number of methoxy groups -OCH3 is 1. The maximum Gasteiger partial charge on any atom is 0.330 e. The van der Waals surface area contributed by atoms with E-state index in [0.717, 1.165) is 0 Å². The van der Waals surface area contributed by atoms with Crippen molar-refractivity contribution >= 4 is 29.1 Å². The molecule has 24 heavy (non-hydrogen) atoms. The Morgan fingerprint density at radius 2 is 2.08 bits per heavy atom. The number of ether oxygens (including phenoxy) is 4. The van der Waals surface area contributed by atoms with Crippen molar-refractivity contribution in [2.24, 2.45) is 0 Å². The summed E-state index contributed by atoms with van der Waals surface area (Å²) in [5.74, 6) is -0.992. The van der Waals surface area contributed by atoms with Crippen molar-refractivity contribution in [3.8, 4) is 0 Å². The number of rotatable bonds is 6. The Balaban J connectivity index is 2.46. The van der Waals surface area contributed by atoms with E-state index in [1.165, 1.54) is 17.9 Å². The van der Waals surface area contributed by atoms with E-state index >= 15 is 0 Å². The molecule has 0 unspecified atom stereocenters. The number of nitrogens with zero attached hydrogens (tertiary/aromatic N) is 1. The van der Waals surface area contributed by atoms with E-state index in [1.54, 1.807) is 20.8 Å². The van der Waals surface area contributed by atoms with Crippen LogP contribution in [0.25, 0.3) is 0 Å². The standard InChI is InChI=1S/C14H19IN2O7/c1-7(22-6-18)9(21-4)10-12(24-14(2,3)23-10)17-5-8(15)11(19)16-13(17)20/h5-7,9-10,12H,1-4H3,(H,16,19,20)/t7-,9-,10+,12-/m0/s1. The number of halogens is 1. The molecule has 0 radical (unpaired) electrons. The van der Waals surface area contributed by atoms with Gasteiger partial charge < -0.3 is 18.9 Å². The Labute approximate surface area is 151 Å². The molecular formula is C14H19IN2O7. The lowest BCUT2D eigenvalue weighted by atomic mass is 10.1. The van der Waals surface area contributed by atoms with Gasteiger partial charge in [0.2, 0.25) is 0 Å². The van der Waals surface area contributed by atoms with E-state index in [4.69, 9.17) is 18.9 Å². The molecule has 1 aliphatic rings. The predicted molar refractivity (Wildman–Crippen MR) is 90.5 cm³/mol. The minimum absolute atomic E-state index is 0.321. The number of nitrogens with one attached hydrogen (secondary N) is 1. The Bertz CT molecular complexity index is 714. The molecule has 1 aromatic heterocycles. The van der Waals surface area contributed by atoms with Gasteiger partial charge in [0.1, 0.15) is 18.3 Å². The van der Waals surface area contributed by atoms with Crippen molar-refractivity contribution in [2.75, 3.05) is 7.11 Å². The second kappa shape index (κ2) is 7.33. The van der Waals surface area contributed by atoms with Crippen molar-refractivity contribution in [1.82, 2.24) is 9.55 Å². The Morgan fingerprint density at radius 1 is 1.42 bits per heavy atom. The predicted octanol–water partition coefficient (Wildman–Crippen LogP) is 0.368. The summed E-state index contributed by atoms with van der Waals surface area (Å²) < 4.78 is 23.6. The van der Waals surface area contributed by atoms with Crippen LogP contribution in [0.4, 0.5) is 0 Å². The van der Waals surface area contributed by atoms with Crippen LogP contribution in [0.15, 0.2) is 15.8 Å². The first-order valence-electron chi connectivity index (χ1n) is 7.18. The summed E-state index contributed by atoms with van der Waals surface area (Å²) in [6.07, 6.45) is -1.52. The third kappa shape index (κ3) is 3.87. The lowest BCUT2D eigenvalue weighted by molar-refractivity contribution is -0.171. The van der Waals surface area contributed by atoms with E-state index in [9.17, 15) is 14.4 Å². The van der Waals surface area contributed by atoms with Crippen molar-refractivity contribution in [3.63, 3.8) is 0 Å². The highest BCUT2D eigenvalue weighted by atomic mass is 127. The fourth-order valence-corrected chi connectivity index (χ4v) is 3.06. The van der Waals surface area contributed by atoms with Crippen LogP contribution in [0, 0.1) is 3.57 Å². The topological polar surface area (TPSA) is 109 Å². The lowest BCUT2D eigenvalue weighted by Crippen LogP contribution is -2.45. The molecule has 2 heterocycles. The molecule has 0 aliphatic carbocycles. The maximum atomic E-state index is 12.2. The molecule has 0 spiro atoms. The van der Waals surface area contributed by atoms with E-state index in [2.05, 4.69) is 4.98 Å². The maximum absolute atomic E-state index is 12.2. The molecule has 1 saturated heterocycles. The molecule has 2 rings (SSSR count). The van der Waals surface area contributed by atoms with Gasteiger partial charge in [0, 0.05) is 13.3 Å². The molecule has 0 saturated carbocycles. The number of H-pyrrole nitrogens is 1. The fraction of sp³-hybridized carbons (Fsp3) is 0.643. The van der Waals surface area contributed by atoms with Crippen LogP contribution in [0.3, 0.4) is 0 Å². The van der Waals surface area contributed by atoms with Gasteiger partial charge in [-0.2, -0.15) is 0 Å². The number of hydrogen-bond acceptors (Lipinski definition) is 7. The van der Waals surface area contributed by atoms with Gasteiger partial charge in [-0.05, 0) is 43.4 Å². The molecule has 10 heteroatoms. The average Bonchev–Trinajstić information content (AvgIpc) is 2.79. The highest BCUT2D eigenvalue weighted by Crippen LogP contribution is 2.37. The first kappa shape index (κ1) is 19.1. The molecule has 4 atom stereocenters. The van der Waals surface area contributed by atoms with E-state index in [0.29, 0.717) is 10.0 Å². The summed E-state index contributed by atoms with van der Waals surface area (Å²) in [6, 6.07) is 0. The highest BCUT2D eigenvalue weighted by Gasteiger charge is 2.48. The molecule has 1 fully saturated rings. The smallest absolute Gasteiger partial charge is 0.330 e.